The van der Waals surface area contributed by atoms with Gasteiger partial charge in [-0.05, 0) is 83.6 Å². The third-order valence-electron chi connectivity index (χ3n) is 9.03. The van der Waals surface area contributed by atoms with E-state index in [1.807, 2.05) is 42.5 Å². The lowest BCUT2D eigenvalue weighted by molar-refractivity contribution is -0.165. The molecule has 1 aliphatic carbocycles. The molecule has 0 aromatic heterocycles. The molecule has 9 nitrogen and oxygen atoms in total. The number of allylic oxidation sites excluding steroid dienone is 5. The number of hydrogen-bond donors (Lipinski definition) is 0. The highest BCUT2D eigenvalue weighted by Crippen LogP contribution is 2.30. The zero-order chi connectivity index (χ0) is 40.8. The van der Waals surface area contributed by atoms with Gasteiger partial charge in [0.15, 0.2) is 16.8 Å². The molecule has 0 saturated carbocycles. The molecule has 0 aliphatic heterocycles. The Balaban J connectivity index is 1.96. The van der Waals surface area contributed by atoms with Crippen molar-refractivity contribution in [1.82, 2.24) is 0 Å². The quantitative estimate of drug-likeness (QED) is 0.0945. The first-order valence-electron chi connectivity index (χ1n) is 18.5. The molecule has 54 heavy (non-hydrogen) atoms. The number of benzene rings is 2. The van der Waals surface area contributed by atoms with Crippen molar-refractivity contribution in [2.24, 2.45) is 17.8 Å². The van der Waals surface area contributed by atoms with E-state index < -0.39 is 40.6 Å². The van der Waals surface area contributed by atoms with Gasteiger partial charge in [-0.3, -0.25) is 28.8 Å². The van der Waals surface area contributed by atoms with E-state index in [0.717, 1.165) is 22.3 Å². The molecule has 290 valence electrons. The Bertz CT molecular complexity index is 1840. The van der Waals surface area contributed by atoms with E-state index in [-0.39, 0.29) is 29.2 Å². The van der Waals surface area contributed by atoms with Gasteiger partial charge in [-0.2, -0.15) is 0 Å². The molecule has 1 aliphatic rings. The van der Waals surface area contributed by atoms with Gasteiger partial charge in [-0.15, -0.1) is 0 Å². The lowest BCUT2D eigenvalue weighted by Crippen LogP contribution is -2.39. The second-order valence-electron chi connectivity index (χ2n) is 16.3. The van der Waals surface area contributed by atoms with E-state index in [4.69, 9.17) is 14.2 Å². The Labute approximate surface area is 320 Å². The zero-order valence-corrected chi connectivity index (χ0v) is 33.9. The average molecular weight is 741 g/mol. The minimum Gasteiger partial charge on any atom is -0.451 e. The Hall–Kier alpha value is -4.92. The maximum absolute atomic E-state index is 14.3. The highest BCUT2D eigenvalue weighted by atomic mass is 16.6. The monoisotopic (exact) mass is 740 g/mol. The van der Waals surface area contributed by atoms with E-state index in [1.54, 1.807) is 107 Å². The van der Waals surface area contributed by atoms with Crippen molar-refractivity contribution >= 4 is 35.3 Å². The van der Waals surface area contributed by atoms with Crippen LogP contribution in [0.1, 0.15) is 121 Å². The fourth-order valence-electron chi connectivity index (χ4n) is 5.60. The Morgan fingerprint density at radius 1 is 0.537 bits per heavy atom. The van der Waals surface area contributed by atoms with Crippen molar-refractivity contribution in [3.8, 4) is 0 Å². The second kappa shape index (κ2) is 17.5. The van der Waals surface area contributed by atoms with Crippen molar-refractivity contribution < 1.29 is 43.0 Å². The number of rotatable bonds is 16. The van der Waals surface area contributed by atoms with Crippen LogP contribution >= 0.6 is 0 Å². The number of hydrogen-bond acceptors (Lipinski definition) is 9. The third-order valence-corrected chi connectivity index (χ3v) is 9.03. The van der Waals surface area contributed by atoms with Crippen LogP contribution in [0.25, 0.3) is 0 Å². The first-order valence-corrected chi connectivity index (χ1v) is 18.5. The molecule has 0 radical (unpaired) electrons. The van der Waals surface area contributed by atoms with Gasteiger partial charge in [0.25, 0.3) is 0 Å². The summed E-state index contributed by atoms with van der Waals surface area (Å²) in [5.74, 6) is -3.52. The largest absolute Gasteiger partial charge is 0.451 e. The van der Waals surface area contributed by atoms with Crippen LogP contribution in [0, 0.1) is 17.8 Å². The number of ketones is 3. The molecule has 0 spiro atoms. The van der Waals surface area contributed by atoms with Crippen molar-refractivity contribution in [1.29, 1.82) is 0 Å². The summed E-state index contributed by atoms with van der Waals surface area (Å²) in [6.45, 7) is 19.8. The maximum Gasteiger partial charge on any atom is 0.309 e. The molecule has 0 atom stereocenters. The van der Waals surface area contributed by atoms with Crippen LogP contribution in [0.4, 0.5) is 0 Å². The third kappa shape index (κ3) is 11.3. The molecule has 0 fully saturated rings. The summed E-state index contributed by atoms with van der Waals surface area (Å²) in [4.78, 5) is 77.8. The van der Waals surface area contributed by atoms with Crippen LogP contribution in [0.15, 0.2) is 83.5 Å². The summed E-state index contributed by atoms with van der Waals surface area (Å²) in [5.41, 5.74) is 0.506. The fraction of sp³-hybridized carbons (Fsp3) is 0.467. The minimum absolute atomic E-state index is 0.314. The van der Waals surface area contributed by atoms with Crippen LogP contribution in [0.3, 0.4) is 0 Å². The van der Waals surface area contributed by atoms with E-state index >= 15 is 0 Å². The number of carbonyl (C=O) groups excluding carboxylic acids is 6. The summed E-state index contributed by atoms with van der Waals surface area (Å²) >= 11 is 0. The number of ether oxygens (including phenoxy) is 3. The summed E-state index contributed by atoms with van der Waals surface area (Å²) < 4.78 is 16.7. The smallest absolute Gasteiger partial charge is 0.309 e. The van der Waals surface area contributed by atoms with Crippen LogP contribution in [-0.4, -0.2) is 52.1 Å². The van der Waals surface area contributed by atoms with E-state index in [0.29, 0.717) is 36.0 Å². The number of Topliss-reactive ketones (excluding diaryl/α,β-unsaturated/α-hetero) is 3. The topological polar surface area (TPSA) is 130 Å². The molecule has 2 aromatic carbocycles. The summed E-state index contributed by atoms with van der Waals surface area (Å²) in [6.07, 6.45) is 7.07. The van der Waals surface area contributed by atoms with Crippen molar-refractivity contribution in [2.75, 3.05) is 0 Å². The van der Waals surface area contributed by atoms with E-state index in [1.165, 1.54) is 0 Å². The van der Waals surface area contributed by atoms with Crippen molar-refractivity contribution in [3.05, 3.63) is 106 Å². The van der Waals surface area contributed by atoms with Crippen molar-refractivity contribution in [2.45, 2.75) is 119 Å². The lowest BCUT2D eigenvalue weighted by atomic mass is 9.87. The predicted molar refractivity (Wildman–Crippen MR) is 208 cm³/mol. The first-order chi connectivity index (χ1) is 24.9. The Kier molecular flexibility index (Phi) is 14.1. The van der Waals surface area contributed by atoms with Crippen LogP contribution in [0.2, 0.25) is 0 Å². The molecule has 0 heterocycles. The van der Waals surface area contributed by atoms with Gasteiger partial charge < -0.3 is 14.2 Å². The van der Waals surface area contributed by atoms with Gasteiger partial charge in [0.2, 0.25) is 17.3 Å². The van der Waals surface area contributed by atoms with Gasteiger partial charge >= 0.3 is 17.9 Å². The van der Waals surface area contributed by atoms with Gasteiger partial charge in [0.1, 0.15) is 0 Å². The molecule has 0 saturated heterocycles. The molecular formula is C45H56O9. The molecule has 9 heteroatoms. The van der Waals surface area contributed by atoms with Crippen molar-refractivity contribution in [3.63, 3.8) is 0 Å². The van der Waals surface area contributed by atoms with Crippen LogP contribution < -0.4 is 0 Å². The maximum atomic E-state index is 14.3. The SMILES string of the molecule is CC(C)C(=O)OC(C)(C)C(=O)C1=C(Cc2ccc(C(=O)C(C)(C)OC(=O)C(C)C)cc2)CC=CC(Cc2ccc(C(=O)C(C)(C)OC(=O)C(C)C)cc2)=C1. The van der Waals surface area contributed by atoms with Crippen LogP contribution in [-0.2, 0) is 46.2 Å². The van der Waals surface area contributed by atoms with Crippen LogP contribution in [0.5, 0.6) is 0 Å². The van der Waals surface area contributed by atoms with Gasteiger partial charge in [0, 0.05) is 16.7 Å². The molecule has 2 aromatic rings. The molecule has 0 N–H and O–H groups in total. The molecule has 0 amide bonds. The highest BCUT2D eigenvalue weighted by molar-refractivity contribution is 6.06. The zero-order valence-electron chi connectivity index (χ0n) is 33.9. The predicted octanol–water partition coefficient (Wildman–Crippen LogP) is 8.52. The second-order valence-corrected chi connectivity index (χ2v) is 16.3. The lowest BCUT2D eigenvalue weighted by Gasteiger charge is -2.26. The Morgan fingerprint density at radius 2 is 0.889 bits per heavy atom. The molecule has 3 rings (SSSR count). The Morgan fingerprint density at radius 3 is 1.26 bits per heavy atom. The normalized spacial score (nSPS) is 13.8. The summed E-state index contributed by atoms with van der Waals surface area (Å²) in [7, 11) is 0. The number of carbonyl (C=O) groups is 6. The fourth-order valence-corrected chi connectivity index (χ4v) is 5.60. The van der Waals surface area contributed by atoms with E-state index in [9.17, 15) is 28.8 Å². The molecule has 0 unspecified atom stereocenters. The average Bonchev–Trinajstić information content (AvgIpc) is 3.28. The van der Waals surface area contributed by atoms with Gasteiger partial charge in [-0.1, -0.05) is 108 Å². The number of esters is 3. The standard InChI is InChI=1S/C45H56O9/c1-27(2)40(49)52-43(7,8)37(46)33-20-16-30(17-21-33)24-32-14-13-15-35(36(26-32)39(48)45(11,12)54-42(51)29(5)6)25-31-18-22-34(23-19-31)38(47)44(9,10)53-41(50)28(3)4/h13-14,16-23,26-29H,15,24-25H2,1-12H3. The molecule has 0 bridgehead atoms. The van der Waals surface area contributed by atoms with Gasteiger partial charge in [-0.25, -0.2) is 0 Å². The van der Waals surface area contributed by atoms with Gasteiger partial charge in [0.05, 0.1) is 17.8 Å². The first kappa shape index (κ1) is 43.5. The summed E-state index contributed by atoms with van der Waals surface area (Å²) in [6, 6.07) is 14.1. The summed E-state index contributed by atoms with van der Waals surface area (Å²) in [5, 5.41) is 0. The highest BCUT2D eigenvalue weighted by Gasteiger charge is 2.37. The minimum atomic E-state index is -1.45. The molecular weight excluding hydrogens is 684 g/mol. The van der Waals surface area contributed by atoms with E-state index in [2.05, 4.69) is 0 Å².